The first-order valence-electron chi connectivity index (χ1n) is 11.5. The number of aromatic nitrogens is 3. The van der Waals surface area contributed by atoms with Crippen LogP contribution in [-0.4, -0.2) is 51.8 Å². The van der Waals surface area contributed by atoms with Crippen molar-refractivity contribution in [3.8, 4) is 0 Å². The fraction of sp³-hybridized carbons (Fsp3) is 0.259. The summed E-state index contributed by atoms with van der Waals surface area (Å²) in [5.41, 5.74) is 5.25. The van der Waals surface area contributed by atoms with E-state index < -0.39 is 6.04 Å². The minimum Gasteiger partial charge on any atom is -0.378 e. The summed E-state index contributed by atoms with van der Waals surface area (Å²) in [6.07, 6.45) is 0. The van der Waals surface area contributed by atoms with Crippen LogP contribution in [0.25, 0.3) is 11.0 Å². The van der Waals surface area contributed by atoms with Gasteiger partial charge in [0.05, 0.1) is 5.52 Å². The van der Waals surface area contributed by atoms with Crippen molar-refractivity contribution in [1.29, 1.82) is 0 Å². The highest BCUT2D eigenvalue weighted by molar-refractivity contribution is 5.97. The number of carbonyl (C=O) groups excluding carboxylic acids is 2. The van der Waals surface area contributed by atoms with E-state index in [1.54, 1.807) is 16.5 Å². The Morgan fingerprint density at radius 3 is 2.37 bits per heavy atom. The van der Waals surface area contributed by atoms with E-state index in [9.17, 15) is 9.59 Å². The molecule has 8 heteroatoms. The Kier molecular flexibility index (Phi) is 7.10. The lowest BCUT2D eigenvalue weighted by molar-refractivity contribution is -0.139. The number of amides is 2. The second kappa shape index (κ2) is 10.4. The Labute approximate surface area is 205 Å². The van der Waals surface area contributed by atoms with Crippen LogP contribution in [0.1, 0.15) is 18.1 Å². The van der Waals surface area contributed by atoms with Gasteiger partial charge in [0, 0.05) is 32.0 Å². The molecule has 0 saturated heterocycles. The topological polar surface area (TPSA) is 83.4 Å². The minimum atomic E-state index is -0.703. The van der Waals surface area contributed by atoms with Gasteiger partial charge in [-0.1, -0.05) is 41.6 Å². The smallest absolute Gasteiger partial charge is 0.246 e. The average Bonchev–Trinajstić information content (AvgIpc) is 3.26. The lowest BCUT2D eigenvalue weighted by Crippen LogP contribution is -2.46. The molecule has 1 heterocycles. The number of rotatable bonds is 8. The number of nitrogens with zero attached hydrogens (tertiary/aromatic N) is 5. The maximum atomic E-state index is 13.5. The standard InChI is InChI=1S/C27H30N6O2/c1-19-9-5-6-10-21(19)17-32(26(34)18-33-25-12-8-7-11-24(25)29-30-33)20(2)27(35)28-22-13-15-23(16-14-22)31(3)4/h5-16,20H,17-18H2,1-4H3,(H,28,35). The third-order valence-electron chi connectivity index (χ3n) is 6.13. The molecule has 1 unspecified atom stereocenters. The van der Waals surface area contributed by atoms with Gasteiger partial charge in [-0.05, 0) is 61.4 Å². The molecule has 0 spiro atoms. The predicted molar refractivity (Wildman–Crippen MR) is 138 cm³/mol. The molecule has 2 amide bonds. The zero-order valence-electron chi connectivity index (χ0n) is 20.5. The van der Waals surface area contributed by atoms with Crippen molar-refractivity contribution >= 4 is 34.2 Å². The molecule has 0 radical (unpaired) electrons. The van der Waals surface area contributed by atoms with Crippen LogP contribution in [0.15, 0.2) is 72.8 Å². The summed E-state index contributed by atoms with van der Waals surface area (Å²) in [5.74, 6) is -0.470. The summed E-state index contributed by atoms with van der Waals surface area (Å²) in [6.45, 7) is 4.05. The molecule has 8 nitrogen and oxygen atoms in total. The van der Waals surface area contributed by atoms with E-state index in [1.165, 1.54) is 0 Å². The van der Waals surface area contributed by atoms with Crippen molar-refractivity contribution in [2.45, 2.75) is 33.0 Å². The first-order chi connectivity index (χ1) is 16.8. The lowest BCUT2D eigenvalue weighted by Gasteiger charge is -2.29. The van der Waals surface area contributed by atoms with E-state index in [0.717, 1.165) is 27.8 Å². The van der Waals surface area contributed by atoms with Crippen LogP contribution in [0, 0.1) is 6.92 Å². The number of fused-ring (bicyclic) bond motifs is 1. The number of hydrogen-bond donors (Lipinski definition) is 1. The molecule has 0 aliphatic carbocycles. The van der Waals surface area contributed by atoms with Crippen LogP contribution < -0.4 is 10.2 Å². The number of anilines is 2. The number of para-hydroxylation sites is 1. The van der Waals surface area contributed by atoms with Gasteiger partial charge in [0.2, 0.25) is 11.8 Å². The highest BCUT2D eigenvalue weighted by Gasteiger charge is 2.27. The monoisotopic (exact) mass is 470 g/mol. The van der Waals surface area contributed by atoms with Gasteiger partial charge in [-0.2, -0.15) is 0 Å². The van der Waals surface area contributed by atoms with Crippen LogP contribution in [-0.2, 0) is 22.7 Å². The van der Waals surface area contributed by atoms with Gasteiger partial charge in [0.15, 0.2) is 0 Å². The molecule has 0 fully saturated rings. The van der Waals surface area contributed by atoms with E-state index in [0.29, 0.717) is 12.2 Å². The quantitative estimate of drug-likeness (QED) is 0.423. The van der Waals surface area contributed by atoms with Gasteiger partial charge in [-0.3, -0.25) is 9.59 Å². The third-order valence-corrected chi connectivity index (χ3v) is 6.13. The molecule has 1 aromatic heterocycles. The second-order valence-corrected chi connectivity index (χ2v) is 8.79. The van der Waals surface area contributed by atoms with Crippen molar-refractivity contribution in [2.75, 3.05) is 24.3 Å². The molecular weight excluding hydrogens is 440 g/mol. The average molecular weight is 471 g/mol. The molecule has 35 heavy (non-hydrogen) atoms. The maximum absolute atomic E-state index is 13.5. The summed E-state index contributed by atoms with van der Waals surface area (Å²) in [6, 6.07) is 22.3. The number of benzene rings is 3. The zero-order chi connectivity index (χ0) is 24.9. The van der Waals surface area contributed by atoms with Gasteiger partial charge in [-0.25, -0.2) is 4.68 Å². The molecule has 3 aromatic carbocycles. The van der Waals surface area contributed by atoms with Crippen molar-refractivity contribution in [3.63, 3.8) is 0 Å². The zero-order valence-corrected chi connectivity index (χ0v) is 20.5. The van der Waals surface area contributed by atoms with E-state index >= 15 is 0 Å². The first kappa shape index (κ1) is 23.9. The molecule has 4 aromatic rings. The Hall–Kier alpha value is -4.20. The molecule has 0 aliphatic rings. The summed E-state index contributed by atoms with van der Waals surface area (Å²) >= 11 is 0. The summed E-state index contributed by atoms with van der Waals surface area (Å²) in [5, 5.41) is 11.2. The van der Waals surface area contributed by atoms with Crippen molar-refractivity contribution in [2.24, 2.45) is 0 Å². The van der Waals surface area contributed by atoms with Crippen molar-refractivity contribution < 1.29 is 9.59 Å². The van der Waals surface area contributed by atoms with Gasteiger partial charge in [0.1, 0.15) is 18.1 Å². The number of nitrogens with one attached hydrogen (secondary N) is 1. The molecular formula is C27H30N6O2. The minimum absolute atomic E-state index is 0.0124. The van der Waals surface area contributed by atoms with Crippen LogP contribution >= 0.6 is 0 Å². The molecule has 0 aliphatic heterocycles. The van der Waals surface area contributed by atoms with Crippen molar-refractivity contribution in [3.05, 3.63) is 83.9 Å². The molecule has 1 N–H and O–H groups in total. The molecule has 0 saturated carbocycles. The Morgan fingerprint density at radius 1 is 0.971 bits per heavy atom. The lowest BCUT2D eigenvalue weighted by atomic mass is 10.1. The van der Waals surface area contributed by atoms with Crippen LogP contribution in [0.2, 0.25) is 0 Å². The van der Waals surface area contributed by atoms with E-state index in [2.05, 4.69) is 15.6 Å². The summed E-state index contributed by atoms with van der Waals surface area (Å²) < 4.78 is 1.58. The first-order valence-corrected chi connectivity index (χ1v) is 11.5. The SMILES string of the molecule is Cc1ccccc1CN(C(=O)Cn1nnc2ccccc21)C(C)C(=O)Nc1ccc(N(C)C)cc1. The second-order valence-electron chi connectivity index (χ2n) is 8.79. The number of aryl methyl sites for hydroxylation is 1. The van der Waals surface area contributed by atoms with Gasteiger partial charge < -0.3 is 15.1 Å². The summed E-state index contributed by atoms with van der Waals surface area (Å²) in [4.78, 5) is 30.3. The fourth-order valence-corrected chi connectivity index (χ4v) is 3.90. The van der Waals surface area contributed by atoms with Crippen molar-refractivity contribution in [1.82, 2.24) is 19.9 Å². The summed E-state index contributed by atoms with van der Waals surface area (Å²) in [7, 11) is 3.92. The molecule has 1 atom stereocenters. The van der Waals surface area contributed by atoms with Crippen LogP contribution in [0.5, 0.6) is 0 Å². The van der Waals surface area contributed by atoms with E-state index in [1.807, 2.05) is 98.7 Å². The normalized spacial score (nSPS) is 11.8. The fourth-order valence-electron chi connectivity index (χ4n) is 3.90. The largest absolute Gasteiger partial charge is 0.378 e. The highest BCUT2D eigenvalue weighted by atomic mass is 16.2. The van der Waals surface area contributed by atoms with Gasteiger partial charge >= 0.3 is 0 Å². The Balaban J connectivity index is 1.57. The molecule has 0 bridgehead atoms. The van der Waals surface area contributed by atoms with Crippen LogP contribution in [0.4, 0.5) is 11.4 Å². The van der Waals surface area contributed by atoms with E-state index in [-0.39, 0.29) is 18.4 Å². The van der Waals surface area contributed by atoms with Gasteiger partial charge in [0.25, 0.3) is 0 Å². The van der Waals surface area contributed by atoms with Gasteiger partial charge in [-0.15, -0.1) is 5.10 Å². The Morgan fingerprint density at radius 2 is 1.66 bits per heavy atom. The van der Waals surface area contributed by atoms with Crippen LogP contribution in [0.3, 0.4) is 0 Å². The Bertz CT molecular complexity index is 1330. The predicted octanol–water partition coefficient (Wildman–Crippen LogP) is 3.86. The molecule has 180 valence electrons. The number of carbonyl (C=O) groups is 2. The third kappa shape index (κ3) is 5.48. The number of hydrogen-bond acceptors (Lipinski definition) is 5. The highest BCUT2D eigenvalue weighted by Crippen LogP contribution is 2.19. The maximum Gasteiger partial charge on any atom is 0.246 e. The molecule has 4 rings (SSSR count). The van der Waals surface area contributed by atoms with E-state index in [4.69, 9.17) is 0 Å².